The Bertz CT molecular complexity index is 1500. The summed E-state index contributed by atoms with van der Waals surface area (Å²) in [5.74, 6) is 0.386. The van der Waals surface area contributed by atoms with Crippen LogP contribution in [-0.2, 0) is 16.1 Å². The topological polar surface area (TPSA) is 112 Å². The van der Waals surface area contributed by atoms with Crippen molar-refractivity contribution in [3.8, 4) is 22.8 Å². The van der Waals surface area contributed by atoms with E-state index in [0.717, 1.165) is 0 Å². The van der Waals surface area contributed by atoms with Crippen LogP contribution in [0.1, 0.15) is 13.3 Å². The Morgan fingerprint density at radius 2 is 1.61 bits per heavy atom. The first kappa shape index (κ1) is 24.5. The molecule has 4 rings (SSSR count). The number of aromatic nitrogens is 2. The molecule has 2 N–H and O–H groups in total. The molecule has 9 nitrogen and oxygen atoms in total. The van der Waals surface area contributed by atoms with E-state index in [1.165, 1.54) is 18.8 Å². The summed E-state index contributed by atoms with van der Waals surface area (Å²) in [6.45, 7) is 1.48. The van der Waals surface area contributed by atoms with Gasteiger partial charge in [0.05, 0.1) is 36.6 Å². The molecular weight excluding hydrogens is 460 g/mol. The van der Waals surface area contributed by atoms with E-state index >= 15 is 0 Å². The first-order valence-electron chi connectivity index (χ1n) is 11.4. The molecule has 184 valence electrons. The van der Waals surface area contributed by atoms with Crippen LogP contribution in [0.3, 0.4) is 0 Å². The van der Waals surface area contributed by atoms with Crippen molar-refractivity contribution in [2.75, 3.05) is 24.9 Å². The fourth-order valence-corrected chi connectivity index (χ4v) is 3.81. The second kappa shape index (κ2) is 10.7. The maximum absolute atomic E-state index is 13.7. The molecule has 0 unspecified atom stereocenters. The van der Waals surface area contributed by atoms with Gasteiger partial charge in [-0.15, -0.1) is 0 Å². The third-order valence-corrected chi connectivity index (χ3v) is 5.61. The third kappa shape index (κ3) is 5.05. The summed E-state index contributed by atoms with van der Waals surface area (Å²) in [5, 5.41) is 5.62. The molecule has 9 heteroatoms. The van der Waals surface area contributed by atoms with Crippen molar-refractivity contribution < 1.29 is 19.1 Å². The molecule has 0 aliphatic carbocycles. The average molecular weight is 487 g/mol. The zero-order chi connectivity index (χ0) is 25.7. The molecule has 0 aliphatic rings. The van der Waals surface area contributed by atoms with Crippen LogP contribution in [0.15, 0.2) is 71.5 Å². The van der Waals surface area contributed by atoms with Crippen molar-refractivity contribution in [1.29, 1.82) is 0 Å². The predicted octanol–water partition coefficient (Wildman–Crippen LogP) is 4.07. The molecule has 1 heterocycles. The fourth-order valence-electron chi connectivity index (χ4n) is 3.81. The lowest BCUT2D eigenvalue weighted by atomic mass is 10.1. The van der Waals surface area contributed by atoms with Crippen molar-refractivity contribution in [3.63, 3.8) is 0 Å². The summed E-state index contributed by atoms with van der Waals surface area (Å²) in [5.41, 5.74) is 2.08. The monoisotopic (exact) mass is 486 g/mol. The molecule has 0 saturated carbocycles. The summed E-state index contributed by atoms with van der Waals surface area (Å²) >= 11 is 0. The van der Waals surface area contributed by atoms with Gasteiger partial charge < -0.3 is 20.1 Å². The Morgan fingerprint density at radius 1 is 0.889 bits per heavy atom. The second-order valence-corrected chi connectivity index (χ2v) is 7.90. The lowest BCUT2D eigenvalue weighted by molar-refractivity contribution is -0.117. The lowest BCUT2D eigenvalue weighted by Gasteiger charge is -2.15. The molecule has 0 fully saturated rings. The number of benzene rings is 3. The number of hydrogen-bond acceptors (Lipinski definition) is 6. The molecule has 0 atom stereocenters. The number of amides is 2. The number of nitrogens with zero attached hydrogens (tertiary/aromatic N) is 2. The Hall–Kier alpha value is -4.66. The quantitative estimate of drug-likeness (QED) is 0.388. The van der Waals surface area contributed by atoms with Gasteiger partial charge in [-0.3, -0.25) is 19.0 Å². The SMILES string of the molecule is CCC(=O)Nc1ccccc1-c1nc2ccccc2n(CC(=O)Nc2cc(OC)ccc2OC)c1=O. The van der Waals surface area contributed by atoms with Crippen molar-refractivity contribution in [2.24, 2.45) is 0 Å². The van der Waals surface area contributed by atoms with Gasteiger partial charge >= 0.3 is 0 Å². The highest BCUT2D eigenvalue weighted by molar-refractivity contribution is 5.96. The summed E-state index contributed by atoms with van der Waals surface area (Å²) in [6, 6.07) is 19.1. The van der Waals surface area contributed by atoms with Gasteiger partial charge in [0.2, 0.25) is 11.8 Å². The van der Waals surface area contributed by atoms with Crippen LogP contribution in [-0.4, -0.2) is 35.6 Å². The van der Waals surface area contributed by atoms with E-state index in [1.54, 1.807) is 73.7 Å². The molecule has 0 aliphatic heterocycles. The molecule has 0 saturated heterocycles. The van der Waals surface area contributed by atoms with Gasteiger partial charge in [-0.2, -0.15) is 0 Å². The van der Waals surface area contributed by atoms with Gasteiger partial charge in [0, 0.05) is 18.1 Å². The highest BCUT2D eigenvalue weighted by Gasteiger charge is 2.18. The number of nitrogens with one attached hydrogen (secondary N) is 2. The molecule has 36 heavy (non-hydrogen) atoms. The largest absolute Gasteiger partial charge is 0.497 e. The van der Waals surface area contributed by atoms with E-state index in [0.29, 0.717) is 39.5 Å². The highest BCUT2D eigenvalue weighted by atomic mass is 16.5. The normalized spacial score (nSPS) is 10.6. The summed E-state index contributed by atoms with van der Waals surface area (Å²) in [6.07, 6.45) is 0.289. The Labute approximate surface area is 207 Å². The van der Waals surface area contributed by atoms with Gasteiger partial charge in [-0.1, -0.05) is 37.3 Å². The van der Waals surface area contributed by atoms with E-state index in [-0.39, 0.29) is 24.6 Å². The Morgan fingerprint density at radius 3 is 2.36 bits per heavy atom. The summed E-state index contributed by atoms with van der Waals surface area (Å²) < 4.78 is 12.0. The molecule has 3 aromatic carbocycles. The number of anilines is 2. The molecule has 4 aromatic rings. The van der Waals surface area contributed by atoms with Crippen LogP contribution < -0.4 is 25.7 Å². The minimum atomic E-state index is -0.459. The van der Waals surface area contributed by atoms with Gasteiger partial charge in [-0.05, 0) is 30.3 Å². The van der Waals surface area contributed by atoms with Crippen LogP contribution in [0.4, 0.5) is 11.4 Å². The molecule has 1 aromatic heterocycles. The Balaban J connectivity index is 1.77. The van der Waals surface area contributed by atoms with E-state index in [9.17, 15) is 14.4 Å². The van der Waals surface area contributed by atoms with Gasteiger partial charge in [0.1, 0.15) is 23.7 Å². The molecule has 0 radical (unpaired) electrons. The van der Waals surface area contributed by atoms with Crippen LogP contribution in [0.2, 0.25) is 0 Å². The van der Waals surface area contributed by atoms with Gasteiger partial charge in [0.15, 0.2) is 0 Å². The molecule has 0 spiro atoms. The molecule has 0 bridgehead atoms. The lowest BCUT2D eigenvalue weighted by Crippen LogP contribution is -2.30. The fraction of sp³-hybridized carbons (Fsp3) is 0.185. The van der Waals surface area contributed by atoms with Crippen LogP contribution in [0, 0.1) is 0 Å². The van der Waals surface area contributed by atoms with Gasteiger partial charge in [0.25, 0.3) is 5.56 Å². The van der Waals surface area contributed by atoms with Crippen molar-refractivity contribution >= 4 is 34.2 Å². The predicted molar refractivity (Wildman–Crippen MR) is 139 cm³/mol. The van der Waals surface area contributed by atoms with Crippen molar-refractivity contribution in [1.82, 2.24) is 9.55 Å². The summed E-state index contributed by atoms with van der Waals surface area (Å²) in [7, 11) is 3.03. The maximum atomic E-state index is 13.7. The smallest absolute Gasteiger partial charge is 0.278 e. The summed E-state index contributed by atoms with van der Waals surface area (Å²) in [4.78, 5) is 43.4. The number of methoxy groups -OCH3 is 2. The van der Waals surface area contributed by atoms with Crippen molar-refractivity contribution in [2.45, 2.75) is 19.9 Å². The van der Waals surface area contributed by atoms with E-state index in [4.69, 9.17) is 9.47 Å². The van der Waals surface area contributed by atoms with E-state index in [1.807, 2.05) is 0 Å². The number of carbonyl (C=O) groups excluding carboxylic acids is 2. The molecule has 2 amide bonds. The zero-order valence-corrected chi connectivity index (χ0v) is 20.2. The number of fused-ring (bicyclic) bond motifs is 1. The van der Waals surface area contributed by atoms with Crippen LogP contribution in [0.5, 0.6) is 11.5 Å². The number of ether oxygens (including phenoxy) is 2. The average Bonchev–Trinajstić information content (AvgIpc) is 2.90. The first-order valence-corrected chi connectivity index (χ1v) is 11.4. The Kier molecular flexibility index (Phi) is 7.29. The second-order valence-electron chi connectivity index (χ2n) is 7.90. The maximum Gasteiger partial charge on any atom is 0.278 e. The number of rotatable bonds is 8. The van der Waals surface area contributed by atoms with Crippen molar-refractivity contribution in [3.05, 3.63) is 77.1 Å². The molecular formula is C27H26N4O5. The number of para-hydroxylation sites is 3. The minimum Gasteiger partial charge on any atom is -0.497 e. The van der Waals surface area contributed by atoms with E-state index in [2.05, 4.69) is 15.6 Å². The first-order chi connectivity index (χ1) is 17.4. The highest BCUT2D eigenvalue weighted by Crippen LogP contribution is 2.29. The zero-order valence-electron chi connectivity index (χ0n) is 20.2. The van der Waals surface area contributed by atoms with Crippen LogP contribution in [0.25, 0.3) is 22.3 Å². The van der Waals surface area contributed by atoms with Gasteiger partial charge in [-0.25, -0.2) is 4.98 Å². The van der Waals surface area contributed by atoms with Crippen LogP contribution >= 0.6 is 0 Å². The third-order valence-electron chi connectivity index (χ3n) is 5.61. The standard InChI is InChI=1S/C27H26N4O5/c1-4-24(32)28-19-10-6-5-9-18(19)26-27(34)31(22-12-8-7-11-20(22)30-26)16-25(33)29-21-15-17(35-2)13-14-23(21)36-3/h5-15H,4,16H2,1-3H3,(H,28,32)(H,29,33). The number of carbonyl (C=O) groups is 2. The van der Waals surface area contributed by atoms with E-state index < -0.39 is 11.5 Å². The number of hydrogen-bond donors (Lipinski definition) is 2. The minimum absolute atomic E-state index is 0.132.